The Morgan fingerprint density at radius 3 is 1.86 bits per heavy atom. The molecule has 0 spiro atoms. The van der Waals surface area contributed by atoms with Crippen LogP contribution in [0.2, 0.25) is 0 Å². The summed E-state index contributed by atoms with van der Waals surface area (Å²) in [6, 6.07) is 0. The van der Waals surface area contributed by atoms with E-state index in [0.29, 0.717) is 6.61 Å². The van der Waals surface area contributed by atoms with E-state index in [4.69, 9.17) is 0 Å². The topological polar surface area (TPSA) is 18.5 Å². The minimum absolute atomic E-state index is 0. The van der Waals surface area contributed by atoms with Gasteiger partial charge in [-0.15, -0.1) is 6.10 Å². The first-order valence-electron chi connectivity index (χ1n) is 1.51. The summed E-state index contributed by atoms with van der Waals surface area (Å²) in [5.41, 5.74) is 0. The van der Waals surface area contributed by atoms with Crippen molar-refractivity contribution >= 4 is 0 Å². The molecule has 0 saturated carbocycles. The average molecular weight is 177 g/mol. The summed E-state index contributed by atoms with van der Waals surface area (Å²) >= 11 is 0. The monoisotopic (exact) mass is 177 g/mol. The molecule has 7 heavy (non-hydrogen) atoms. The molecule has 1 heterocycles. The van der Waals surface area contributed by atoms with Gasteiger partial charge in [0.25, 0.3) is 0 Å². The van der Waals surface area contributed by atoms with E-state index in [1.54, 1.807) is 0 Å². The van der Waals surface area contributed by atoms with Crippen LogP contribution in [0.5, 0.6) is 0 Å². The second-order valence-corrected chi connectivity index (χ2v) is 1.05. The summed E-state index contributed by atoms with van der Waals surface area (Å²) in [5, 5.41) is 0. The van der Waals surface area contributed by atoms with Gasteiger partial charge in [0.15, 0.2) is 0 Å². The van der Waals surface area contributed by atoms with Gasteiger partial charge >= 0.3 is 32.7 Å². The summed E-state index contributed by atoms with van der Waals surface area (Å²) < 4.78 is 0. The third-order valence-electron chi connectivity index (χ3n) is 0.463. The molecule has 1 fully saturated rings. The molecular weight excluding hydrogens is 169 g/mol. The van der Waals surface area contributed by atoms with Crippen LogP contribution in [0.4, 0.5) is 0 Å². The van der Waals surface area contributed by atoms with Gasteiger partial charge in [0, 0.05) is 0 Å². The Balaban J connectivity index is 0. The zero-order valence-electron chi connectivity index (χ0n) is 4.60. The molecule has 3 heteroatoms. The van der Waals surface area contributed by atoms with Crippen LogP contribution < -0.4 is 0 Å². The molecule has 0 unspecified atom stereocenters. The average Bonchev–Trinajstić information content (AvgIpc) is 1.30. The van der Waals surface area contributed by atoms with E-state index in [2.05, 4.69) is 9.78 Å². The van der Waals surface area contributed by atoms with E-state index in [0.717, 1.165) is 6.10 Å². The number of hydrogen-bond acceptors (Lipinski definition) is 2. The van der Waals surface area contributed by atoms with Crippen molar-refractivity contribution in [2.75, 3.05) is 6.61 Å². The van der Waals surface area contributed by atoms with Crippen LogP contribution in [-0.2, 0) is 42.5 Å². The summed E-state index contributed by atoms with van der Waals surface area (Å²) in [6.45, 7) is 2.56. The van der Waals surface area contributed by atoms with Crippen molar-refractivity contribution in [1.82, 2.24) is 0 Å². The summed E-state index contributed by atoms with van der Waals surface area (Å²) in [7, 11) is 0. The molecular formula is C4H8O2Y+. The second-order valence-electron chi connectivity index (χ2n) is 1.05. The van der Waals surface area contributed by atoms with Crippen molar-refractivity contribution in [1.29, 1.82) is 0 Å². The van der Waals surface area contributed by atoms with Crippen LogP contribution in [-0.4, -0.2) is 6.61 Å². The molecule has 1 rings (SSSR count). The Morgan fingerprint density at radius 2 is 1.86 bits per heavy atom. The van der Waals surface area contributed by atoms with Gasteiger partial charge in [-0.1, -0.05) is 0 Å². The molecule has 0 bridgehead atoms. The molecule has 0 aromatic heterocycles. The molecule has 0 radical (unpaired) electrons. The van der Waals surface area contributed by atoms with Gasteiger partial charge in [0.2, 0.25) is 0 Å². The van der Waals surface area contributed by atoms with Gasteiger partial charge in [-0.25, -0.2) is 0 Å². The molecule has 0 aromatic carbocycles. The molecule has 1 aliphatic rings. The molecule has 0 aromatic rings. The maximum atomic E-state index is 4.35. The zero-order chi connectivity index (χ0) is 3.70. The zero-order valence-corrected chi connectivity index (χ0v) is 7.44. The Kier molecular flexibility index (Phi) is 8.05. The van der Waals surface area contributed by atoms with Crippen molar-refractivity contribution < 1.29 is 42.5 Å². The van der Waals surface area contributed by atoms with Gasteiger partial charge in [-0.2, -0.15) is 6.92 Å². The predicted octanol–water partition coefficient (Wildman–Crippen LogP) is 0.948. The first-order valence-corrected chi connectivity index (χ1v) is 1.51. The fourth-order valence-electron chi connectivity index (χ4n) is 0.177. The molecule has 2 nitrogen and oxygen atoms in total. The smallest absolute Gasteiger partial charge is 0.410 e. The Labute approximate surface area is 69.4 Å². The van der Waals surface area contributed by atoms with Crippen molar-refractivity contribution in [3.05, 3.63) is 13.5 Å². The first kappa shape index (κ1) is 10.9. The van der Waals surface area contributed by atoms with E-state index in [1.807, 2.05) is 6.92 Å². The maximum absolute atomic E-state index is 4.35. The minimum atomic E-state index is 0. The van der Waals surface area contributed by atoms with Crippen LogP contribution in [0.15, 0.2) is 0 Å². The Hall–Kier alpha value is 1.02. The molecule has 0 atom stereocenters. The maximum Gasteiger partial charge on any atom is 3.00 e. The minimum Gasteiger partial charge on any atom is -0.410 e. The SMILES string of the molecule is C[C-]1COO1.[CH3-].[Y+3]. The van der Waals surface area contributed by atoms with E-state index >= 15 is 0 Å². The van der Waals surface area contributed by atoms with Crippen LogP contribution in [0.25, 0.3) is 0 Å². The van der Waals surface area contributed by atoms with Crippen LogP contribution in [0.3, 0.4) is 0 Å². The Morgan fingerprint density at radius 1 is 1.57 bits per heavy atom. The van der Waals surface area contributed by atoms with Crippen LogP contribution >= 0.6 is 0 Å². The van der Waals surface area contributed by atoms with Gasteiger partial charge in [-0.3, -0.25) is 0 Å². The standard InChI is InChI=1S/C3H5O2.CH3.Y/c1-3-2-4-5-3;;/h2H2,1H3;1H3;/q2*-1;+3. The van der Waals surface area contributed by atoms with Crippen molar-refractivity contribution in [2.45, 2.75) is 6.92 Å². The van der Waals surface area contributed by atoms with E-state index in [-0.39, 0.29) is 40.1 Å². The van der Waals surface area contributed by atoms with Gasteiger partial charge < -0.3 is 17.2 Å². The number of hydrogen-bond donors (Lipinski definition) is 0. The quantitative estimate of drug-likeness (QED) is 0.405. The van der Waals surface area contributed by atoms with Gasteiger partial charge in [0.1, 0.15) is 0 Å². The molecule has 1 saturated heterocycles. The second kappa shape index (κ2) is 5.17. The molecule has 0 N–H and O–H groups in total. The summed E-state index contributed by atoms with van der Waals surface area (Å²) in [5.74, 6) is 0. The third-order valence-corrected chi connectivity index (χ3v) is 0.463. The largest absolute Gasteiger partial charge is 3.00 e. The molecule has 0 amide bonds. The van der Waals surface area contributed by atoms with Gasteiger partial charge in [0.05, 0.1) is 0 Å². The van der Waals surface area contributed by atoms with Crippen LogP contribution in [0.1, 0.15) is 6.92 Å². The fourth-order valence-corrected chi connectivity index (χ4v) is 0.177. The number of rotatable bonds is 0. The van der Waals surface area contributed by atoms with Gasteiger partial charge in [-0.05, 0) is 6.61 Å². The molecule has 1 aliphatic heterocycles. The third kappa shape index (κ3) is 3.59. The predicted molar refractivity (Wildman–Crippen MR) is 22.4 cm³/mol. The first-order chi connectivity index (χ1) is 2.39. The van der Waals surface area contributed by atoms with E-state index < -0.39 is 0 Å². The molecule has 38 valence electrons. The molecule has 0 aliphatic carbocycles. The van der Waals surface area contributed by atoms with Crippen molar-refractivity contribution in [3.8, 4) is 0 Å². The van der Waals surface area contributed by atoms with Crippen molar-refractivity contribution in [3.63, 3.8) is 0 Å². The normalized spacial score (nSPS) is 18.4. The fraction of sp³-hybridized carbons (Fsp3) is 0.500. The van der Waals surface area contributed by atoms with Crippen molar-refractivity contribution in [2.24, 2.45) is 0 Å². The van der Waals surface area contributed by atoms with Crippen LogP contribution in [0, 0.1) is 13.5 Å². The van der Waals surface area contributed by atoms with E-state index in [9.17, 15) is 0 Å². The summed E-state index contributed by atoms with van der Waals surface area (Å²) in [4.78, 5) is 8.64. The Bertz CT molecular complexity index is 36.7. The van der Waals surface area contributed by atoms with E-state index in [1.165, 1.54) is 0 Å². The summed E-state index contributed by atoms with van der Waals surface area (Å²) in [6.07, 6.45) is 0.963.